The second-order valence-corrected chi connectivity index (χ2v) is 4.00. The lowest BCUT2D eigenvalue weighted by Gasteiger charge is -2.36. The molecule has 1 fully saturated rings. The van der Waals surface area contributed by atoms with E-state index in [1.54, 1.807) is 6.92 Å². The molecule has 1 heterocycles. The number of nitrogens with zero attached hydrogens (tertiary/aromatic N) is 1. The third-order valence-corrected chi connectivity index (χ3v) is 2.51. The van der Waals surface area contributed by atoms with Crippen molar-refractivity contribution in [3.05, 3.63) is 12.2 Å². The normalized spacial score (nSPS) is 18.8. The molecule has 0 unspecified atom stereocenters. The maximum absolute atomic E-state index is 12.8. The smallest absolute Gasteiger partial charge is 0.314 e. The zero-order chi connectivity index (χ0) is 11.5. The van der Waals surface area contributed by atoms with Gasteiger partial charge in [-0.1, -0.05) is 5.57 Å². The van der Waals surface area contributed by atoms with E-state index in [1.165, 1.54) is 4.90 Å². The van der Waals surface area contributed by atoms with E-state index in [0.29, 0.717) is 31.8 Å². The van der Waals surface area contributed by atoms with Gasteiger partial charge in [0.05, 0.1) is 0 Å². The van der Waals surface area contributed by atoms with Crippen LogP contribution in [0.15, 0.2) is 12.2 Å². The number of rotatable bonds is 3. The Labute approximate surface area is 112 Å². The lowest BCUT2D eigenvalue weighted by Crippen LogP contribution is -2.53. The van der Waals surface area contributed by atoms with Crippen LogP contribution in [-0.2, 0) is 0 Å². The minimum atomic E-state index is -4.16. The summed E-state index contributed by atoms with van der Waals surface area (Å²) in [5, 5.41) is 3.04. The highest BCUT2D eigenvalue weighted by Gasteiger charge is 2.43. The van der Waals surface area contributed by atoms with Crippen LogP contribution in [0.1, 0.15) is 13.3 Å². The van der Waals surface area contributed by atoms with Crippen molar-refractivity contribution in [2.45, 2.75) is 25.6 Å². The largest absolute Gasteiger partial charge is 0.404 e. The Morgan fingerprint density at radius 3 is 2.12 bits per heavy atom. The number of hydrogen-bond donors (Lipinski definition) is 1. The standard InChI is InChI=1S/C10H17F3N2.2ClH/c1-8(2)7-9(10(11,12)13)15-5-3-14-4-6-15;;/h9,14H,1,3-7H2,2H3;2*1H/t9-;;/m1../s1. The summed E-state index contributed by atoms with van der Waals surface area (Å²) in [6, 6.07) is -1.36. The summed E-state index contributed by atoms with van der Waals surface area (Å²) in [7, 11) is 0. The van der Waals surface area contributed by atoms with E-state index in [2.05, 4.69) is 11.9 Å². The summed E-state index contributed by atoms with van der Waals surface area (Å²) in [6.45, 7) is 7.37. The Kier molecular flexibility index (Phi) is 9.33. The predicted octanol–water partition coefficient (Wildman–Crippen LogP) is 2.63. The molecule has 0 saturated carbocycles. The molecule has 0 amide bonds. The maximum atomic E-state index is 12.8. The molecular formula is C10H19Cl2F3N2. The molecule has 0 aromatic carbocycles. The van der Waals surface area contributed by atoms with Crippen molar-refractivity contribution in [1.29, 1.82) is 0 Å². The molecule has 0 radical (unpaired) electrons. The molecule has 0 aromatic rings. The Bertz CT molecular complexity index is 228. The summed E-state index contributed by atoms with van der Waals surface area (Å²) < 4.78 is 38.3. The quantitative estimate of drug-likeness (QED) is 0.805. The monoisotopic (exact) mass is 294 g/mol. The van der Waals surface area contributed by atoms with E-state index >= 15 is 0 Å². The lowest BCUT2D eigenvalue weighted by atomic mass is 10.1. The van der Waals surface area contributed by atoms with Crippen LogP contribution in [0.2, 0.25) is 0 Å². The summed E-state index contributed by atoms with van der Waals surface area (Å²) in [6.07, 6.45) is -4.15. The molecule has 17 heavy (non-hydrogen) atoms. The van der Waals surface area contributed by atoms with Crippen molar-refractivity contribution in [3.8, 4) is 0 Å². The van der Waals surface area contributed by atoms with Crippen LogP contribution in [0.5, 0.6) is 0 Å². The highest BCUT2D eigenvalue weighted by molar-refractivity contribution is 5.85. The van der Waals surface area contributed by atoms with E-state index in [0.717, 1.165) is 0 Å². The fourth-order valence-corrected chi connectivity index (χ4v) is 1.78. The van der Waals surface area contributed by atoms with E-state index in [9.17, 15) is 13.2 Å². The number of alkyl halides is 3. The van der Waals surface area contributed by atoms with Crippen LogP contribution < -0.4 is 5.32 Å². The Hall–Kier alpha value is 0.0300. The van der Waals surface area contributed by atoms with Gasteiger partial charge in [-0.15, -0.1) is 31.4 Å². The van der Waals surface area contributed by atoms with Gasteiger partial charge in [0.15, 0.2) is 0 Å². The number of nitrogens with one attached hydrogen (secondary N) is 1. The van der Waals surface area contributed by atoms with Gasteiger partial charge in [-0.25, -0.2) is 0 Å². The van der Waals surface area contributed by atoms with Crippen LogP contribution in [0.3, 0.4) is 0 Å². The fraction of sp³-hybridized carbons (Fsp3) is 0.800. The van der Waals surface area contributed by atoms with Gasteiger partial charge in [-0.05, 0) is 13.3 Å². The Morgan fingerprint density at radius 1 is 1.29 bits per heavy atom. The molecule has 1 atom stereocenters. The maximum Gasteiger partial charge on any atom is 0.404 e. The Balaban J connectivity index is 0. The van der Waals surface area contributed by atoms with Crippen LogP contribution in [-0.4, -0.2) is 43.3 Å². The van der Waals surface area contributed by atoms with Gasteiger partial charge in [0, 0.05) is 26.2 Å². The summed E-state index contributed by atoms with van der Waals surface area (Å²) in [5.41, 5.74) is 0.579. The van der Waals surface area contributed by atoms with Gasteiger partial charge >= 0.3 is 6.18 Å². The number of hydrogen-bond acceptors (Lipinski definition) is 2. The van der Waals surface area contributed by atoms with E-state index in [1.807, 2.05) is 0 Å². The SMILES string of the molecule is C=C(C)C[C@@H](N1CCNCC1)C(F)(F)F.Cl.Cl. The van der Waals surface area contributed by atoms with E-state index in [-0.39, 0.29) is 31.2 Å². The first-order valence-corrected chi connectivity index (χ1v) is 5.07. The third-order valence-electron chi connectivity index (χ3n) is 2.51. The zero-order valence-electron chi connectivity index (χ0n) is 9.72. The van der Waals surface area contributed by atoms with Crippen molar-refractivity contribution in [2.75, 3.05) is 26.2 Å². The molecule has 0 aromatic heterocycles. The molecule has 1 aliphatic rings. The van der Waals surface area contributed by atoms with Crippen LogP contribution in [0, 0.1) is 0 Å². The molecule has 1 aliphatic heterocycles. The molecular weight excluding hydrogens is 276 g/mol. The number of halogens is 5. The highest BCUT2D eigenvalue weighted by Crippen LogP contribution is 2.29. The molecule has 2 nitrogen and oxygen atoms in total. The van der Waals surface area contributed by atoms with Crippen molar-refractivity contribution < 1.29 is 13.2 Å². The molecule has 1 saturated heterocycles. The zero-order valence-corrected chi connectivity index (χ0v) is 11.4. The molecule has 0 aliphatic carbocycles. The average molecular weight is 295 g/mol. The second kappa shape index (κ2) is 8.19. The Morgan fingerprint density at radius 2 is 1.76 bits per heavy atom. The van der Waals surface area contributed by atoms with Gasteiger partial charge < -0.3 is 5.32 Å². The molecule has 1 N–H and O–H groups in total. The van der Waals surface area contributed by atoms with Crippen molar-refractivity contribution >= 4 is 24.8 Å². The first kappa shape index (κ1) is 19.4. The lowest BCUT2D eigenvalue weighted by molar-refractivity contribution is -0.184. The van der Waals surface area contributed by atoms with Gasteiger partial charge in [-0.3, -0.25) is 4.90 Å². The minimum absolute atomic E-state index is 0. The number of piperazine rings is 1. The molecule has 1 rings (SSSR count). The highest BCUT2D eigenvalue weighted by atomic mass is 35.5. The first-order valence-electron chi connectivity index (χ1n) is 5.07. The summed E-state index contributed by atoms with van der Waals surface area (Å²) in [5.74, 6) is 0. The van der Waals surface area contributed by atoms with Crippen molar-refractivity contribution in [1.82, 2.24) is 10.2 Å². The van der Waals surface area contributed by atoms with Gasteiger partial charge in [0.2, 0.25) is 0 Å². The van der Waals surface area contributed by atoms with Crippen LogP contribution in [0.4, 0.5) is 13.2 Å². The van der Waals surface area contributed by atoms with Gasteiger partial charge in [-0.2, -0.15) is 13.2 Å². The second-order valence-electron chi connectivity index (χ2n) is 4.00. The molecule has 0 spiro atoms. The third kappa shape index (κ3) is 6.50. The minimum Gasteiger partial charge on any atom is -0.314 e. The summed E-state index contributed by atoms with van der Waals surface area (Å²) in [4.78, 5) is 1.49. The molecule has 0 bridgehead atoms. The van der Waals surface area contributed by atoms with E-state index in [4.69, 9.17) is 0 Å². The van der Waals surface area contributed by atoms with E-state index < -0.39 is 12.2 Å². The first-order chi connectivity index (χ1) is 6.91. The van der Waals surface area contributed by atoms with Gasteiger partial charge in [0.1, 0.15) is 6.04 Å². The predicted molar refractivity (Wildman–Crippen MR) is 68.2 cm³/mol. The topological polar surface area (TPSA) is 15.3 Å². The van der Waals surface area contributed by atoms with Crippen LogP contribution >= 0.6 is 24.8 Å². The summed E-state index contributed by atoms with van der Waals surface area (Å²) >= 11 is 0. The molecule has 104 valence electrons. The average Bonchev–Trinajstić information content (AvgIpc) is 2.14. The van der Waals surface area contributed by atoms with Gasteiger partial charge in [0.25, 0.3) is 0 Å². The fourth-order valence-electron chi connectivity index (χ4n) is 1.78. The van der Waals surface area contributed by atoms with Crippen molar-refractivity contribution in [2.24, 2.45) is 0 Å². The molecule has 7 heteroatoms. The van der Waals surface area contributed by atoms with Crippen molar-refractivity contribution in [3.63, 3.8) is 0 Å². The van der Waals surface area contributed by atoms with Crippen LogP contribution in [0.25, 0.3) is 0 Å².